The summed E-state index contributed by atoms with van der Waals surface area (Å²) in [5.41, 5.74) is 7.27. The SMILES string of the molecule is CCC[C@@H](N)C(=O)N1CCCC1Cc1ccccc1. The Labute approximate surface area is 115 Å². The molecule has 3 heteroatoms. The van der Waals surface area contributed by atoms with Crippen molar-refractivity contribution >= 4 is 5.91 Å². The molecule has 3 nitrogen and oxygen atoms in total. The average molecular weight is 260 g/mol. The Morgan fingerprint density at radius 3 is 2.84 bits per heavy atom. The molecule has 1 aromatic carbocycles. The average Bonchev–Trinajstić information content (AvgIpc) is 2.87. The summed E-state index contributed by atoms with van der Waals surface area (Å²) in [7, 11) is 0. The van der Waals surface area contributed by atoms with Crippen LogP contribution >= 0.6 is 0 Å². The van der Waals surface area contributed by atoms with Crippen molar-refractivity contribution in [3.8, 4) is 0 Å². The molecule has 0 bridgehead atoms. The number of carbonyl (C=O) groups excluding carboxylic acids is 1. The molecule has 1 aliphatic rings. The van der Waals surface area contributed by atoms with E-state index in [0.717, 1.165) is 38.6 Å². The third-order valence-electron chi connectivity index (χ3n) is 3.89. The summed E-state index contributed by atoms with van der Waals surface area (Å²) in [6.45, 7) is 2.94. The Bertz CT molecular complexity index is 404. The Balaban J connectivity index is 1.99. The minimum Gasteiger partial charge on any atom is -0.338 e. The summed E-state index contributed by atoms with van der Waals surface area (Å²) in [5, 5.41) is 0. The fourth-order valence-electron chi connectivity index (χ4n) is 2.87. The summed E-state index contributed by atoms with van der Waals surface area (Å²) in [4.78, 5) is 14.3. The first-order valence-electron chi connectivity index (χ1n) is 7.32. The molecular weight excluding hydrogens is 236 g/mol. The first-order valence-corrected chi connectivity index (χ1v) is 7.32. The molecule has 2 rings (SSSR count). The lowest BCUT2D eigenvalue weighted by Gasteiger charge is -2.27. The third-order valence-corrected chi connectivity index (χ3v) is 3.89. The van der Waals surface area contributed by atoms with Crippen LogP contribution in [0.4, 0.5) is 0 Å². The Morgan fingerprint density at radius 2 is 2.16 bits per heavy atom. The van der Waals surface area contributed by atoms with Gasteiger partial charge in [-0.15, -0.1) is 0 Å². The van der Waals surface area contributed by atoms with E-state index < -0.39 is 0 Å². The van der Waals surface area contributed by atoms with Crippen molar-refractivity contribution in [2.24, 2.45) is 5.73 Å². The zero-order valence-electron chi connectivity index (χ0n) is 11.7. The van der Waals surface area contributed by atoms with Crippen LogP contribution in [0.1, 0.15) is 38.2 Å². The van der Waals surface area contributed by atoms with Gasteiger partial charge in [0.1, 0.15) is 0 Å². The molecule has 1 heterocycles. The number of rotatable bonds is 5. The lowest BCUT2D eigenvalue weighted by Crippen LogP contribution is -2.46. The second kappa shape index (κ2) is 6.71. The van der Waals surface area contributed by atoms with E-state index in [1.54, 1.807) is 0 Å². The van der Waals surface area contributed by atoms with Crippen molar-refractivity contribution in [2.45, 2.75) is 51.1 Å². The molecule has 0 spiro atoms. The van der Waals surface area contributed by atoms with Gasteiger partial charge in [0.15, 0.2) is 0 Å². The van der Waals surface area contributed by atoms with Gasteiger partial charge >= 0.3 is 0 Å². The van der Waals surface area contributed by atoms with Gasteiger partial charge in [-0.25, -0.2) is 0 Å². The quantitative estimate of drug-likeness (QED) is 0.883. The molecule has 0 radical (unpaired) electrons. The Morgan fingerprint density at radius 1 is 1.42 bits per heavy atom. The number of likely N-dealkylation sites (tertiary alicyclic amines) is 1. The van der Waals surface area contributed by atoms with Gasteiger partial charge in [-0.1, -0.05) is 43.7 Å². The van der Waals surface area contributed by atoms with Crippen LogP contribution in [-0.4, -0.2) is 29.4 Å². The summed E-state index contributed by atoms with van der Waals surface area (Å²) in [5.74, 6) is 0.139. The van der Waals surface area contributed by atoms with E-state index in [1.165, 1.54) is 5.56 Å². The van der Waals surface area contributed by atoms with E-state index in [1.807, 2.05) is 11.0 Å². The van der Waals surface area contributed by atoms with Gasteiger partial charge in [0, 0.05) is 12.6 Å². The van der Waals surface area contributed by atoms with Crippen LogP contribution in [0.25, 0.3) is 0 Å². The highest BCUT2D eigenvalue weighted by atomic mass is 16.2. The highest BCUT2D eigenvalue weighted by molar-refractivity contribution is 5.82. The highest BCUT2D eigenvalue weighted by Gasteiger charge is 2.31. The number of nitrogens with zero attached hydrogens (tertiary/aromatic N) is 1. The molecule has 2 atom stereocenters. The first kappa shape index (κ1) is 14.1. The van der Waals surface area contributed by atoms with Crippen LogP contribution in [-0.2, 0) is 11.2 Å². The van der Waals surface area contributed by atoms with Gasteiger partial charge in [0.2, 0.25) is 5.91 Å². The van der Waals surface area contributed by atoms with Gasteiger partial charge in [-0.3, -0.25) is 4.79 Å². The standard InChI is InChI=1S/C16H24N2O/c1-2-7-15(17)16(19)18-11-6-10-14(18)12-13-8-4-3-5-9-13/h3-5,8-9,14-15H,2,6-7,10-12,17H2,1H3/t14?,15-/m1/s1. The monoisotopic (exact) mass is 260 g/mol. The number of amides is 1. The molecule has 1 fully saturated rings. The highest BCUT2D eigenvalue weighted by Crippen LogP contribution is 2.22. The van der Waals surface area contributed by atoms with Crippen molar-refractivity contribution in [3.63, 3.8) is 0 Å². The minimum atomic E-state index is -0.318. The van der Waals surface area contributed by atoms with Gasteiger partial charge in [0.05, 0.1) is 6.04 Å². The normalized spacial score (nSPS) is 20.5. The third kappa shape index (κ3) is 3.57. The molecule has 19 heavy (non-hydrogen) atoms. The fraction of sp³-hybridized carbons (Fsp3) is 0.562. The molecule has 2 N–H and O–H groups in total. The second-order valence-corrected chi connectivity index (χ2v) is 5.41. The van der Waals surface area contributed by atoms with E-state index in [-0.39, 0.29) is 11.9 Å². The van der Waals surface area contributed by atoms with Gasteiger partial charge in [0.25, 0.3) is 0 Å². The Hall–Kier alpha value is -1.35. The minimum absolute atomic E-state index is 0.139. The predicted octanol–water partition coefficient (Wildman–Crippen LogP) is 2.35. The molecule has 1 aromatic rings. The van der Waals surface area contributed by atoms with Crippen LogP contribution in [0.15, 0.2) is 30.3 Å². The Kier molecular flexibility index (Phi) is 4.97. The zero-order valence-corrected chi connectivity index (χ0v) is 11.7. The van der Waals surface area contributed by atoms with Gasteiger partial charge < -0.3 is 10.6 Å². The van der Waals surface area contributed by atoms with Crippen LogP contribution in [0.2, 0.25) is 0 Å². The number of hydrogen-bond donors (Lipinski definition) is 1. The molecular formula is C16H24N2O. The number of hydrogen-bond acceptors (Lipinski definition) is 2. The molecule has 0 saturated carbocycles. The van der Waals surface area contributed by atoms with Crippen molar-refractivity contribution < 1.29 is 4.79 Å². The van der Waals surface area contributed by atoms with Crippen molar-refractivity contribution in [2.75, 3.05) is 6.54 Å². The van der Waals surface area contributed by atoms with Gasteiger partial charge in [-0.05, 0) is 31.2 Å². The molecule has 1 amide bonds. The lowest BCUT2D eigenvalue weighted by atomic mass is 10.0. The predicted molar refractivity (Wildman–Crippen MR) is 77.8 cm³/mol. The topological polar surface area (TPSA) is 46.3 Å². The second-order valence-electron chi connectivity index (χ2n) is 5.41. The maximum atomic E-state index is 12.3. The molecule has 104 valence electrons. The summed E-state index contributed by atoms with van der Waals surface area (Å²) < 4.78 is 0. The maximum absolute atomic E-state index is 12.3. The molecule has 1 saturated heterocycles. The van der Waals surface area contributed by atoms with E-state index >= 15 is 0 Å². The summed E-state index contributed by atoms with van der Waals surface area (Å²) in [6, 6.07) is 10.4. The zero-order chi connectivity index (χ0) is 13.7. The smallest absolute Gasteiger partial charge is 0.239 e. The lowest BCUT2D eigenvalue weighted by molar-refractivity contribution is -0.133. The first-order chi connectivity index (χ1) is 9.22. The fourth-order valence-corrected chi connectivity index (χ4v) is 2.87. The van der Waals surface area contributed by atoms with Crippen molar-refractivity contribution in [1.82, 2.24) is 4.90 Å². The van der Waals surface area contributed by atoms with Crippen LogP contribution in [0, 0.1) is 0 Å². The van der Waals surface area contributed by atoms with Crippen LogP contribution in [0.5, 0.6) is 0 Å². The number of nitrogens with two attached hydrogens (primary N) is 1. The van der Waals surface area contributed by atoms with E-state index in [0.29, 0.717) is 6.04 Å². The number of carbonyl (C=O) groups is 1. The van der Waals surface area contributed by atoms with E-state index in [4.69, 9.17) is 5.73 Å². The largest absolute Gasteiger partial charge is 0.338 e. The number of benzene rings is 1. The maximum Gasteiger partial charge on any atom is 0.239 e. The summed E-state index contributed by atoms with van der Waals surface area (Å²) in [6.07, 6.45) is 4.89. The summed E-state index contributed by atoms with van der Waals surface area (Å²) >= 11 is 0. The molecule has 1 aliphatic heterocycles. The molecule has 0 aliphatic carbocycles. The van der Waals surface area contributed by atoms with Gasteiger partial charge in [-0.2, -0.15) is 0 Å². The molecule has 1 unspecified atom stereocenters. The van der Waals surface area contributed by atoms with E-state index in [2.05, 4.69) is 31.2 Å². The van der Waals surface area contributed by atoms with Crippen LogP contribution in [0.3, 0.4) is 0 Å². The van der Waals surface area contributed by atoms with Crippen LogP contribution < -0.4 is 5.73 Å². The molecule has 0 aromatic heterocycles. The van der Waals surface area contributed by atoms with Crippen molar-refractivity contribution in [3.05, 3.63) is 35.9 Å². The van der Waals surface area contributed by atoms with Crippen molar-refractivity contribution in [1.29, 1.82) is 0 Å². The van der Waals surface area contributed by atoms with E-state index in [9.17, 15) is 4.79 Å².